The number of rotatable bonds is 8. The van der Waals surface area contributed by atoms with Gasteiger partial charge < -0.3 is 14.8 Å². The van der Waals surface area contributed by atoms with E-state index in [1.54, 1.807) is 38.2 Å². The summed E-state index contributed by atoms with van der Waals surface area (Å²) >= 11 is 6.26. The van der Waals surface area contributed by atoms with Crippen LogP contribution in [0, 0.1) is 0 Å². The van der Waals surface area contributed by atoms with E-state index in [0.717, 1.165) is 5.56 Å². The third kappa shape index (κ3) is 5.44. The van der Waals surface area contributed by atoms with Crippen molar-refractivity contribution < 1.29 is 19.1 Å². The van der Waals surface area contributed by atoms with Crippen LogP contribution >= 0.6 is 11.6 Å². The van der Waals surface area contributed by atoms with Crippen molar-refractivity contribution in [2.75, 3.05) is 6.61 Å². The van der Waals surface area contributed by atoms with Crippen molar-refractivity contribution in [2.24, 2.45) is 7.05 Å². The van der Waals surface area contributed by atoms with Gasteiger partial charge in [-0.15, -0.1) is 0 Å². The van der Waals surface area contributed by atoms with Crippen LogP contribution in [0.4, 0.5) is 0 Å². The molecule has 0 radical (unpaired) electrons. The molecule has 7 nitrogen and oxygen atoms in total. The third-order valence-corrected chi connectivity index (χ3v) is 4.98. The number of amides is 1. The van der Waals surface area contributed by atoms with Crippen LogP contribution in [-0.2, 0) is 24.8 Å². The van der Waals surface area contributed by atoms with E-state index in [0.29, 0.717) is 53.0 Å². The Kier molecular flexibility index (Phi) is 7.31. The normalized spacial score (nSPS) is 10.6. The standard InChI is InChI=1S/C23H24ClN3O4/c1-4-19-20(24)21(27(3)26-19)22(28)25-14-15-6-10-17(11-7-15)31-18-12-8-16(9-13-18)23(29)30-5-2/h6-13H,4-5,14H2,1-3H3,(H,25,28). The molecule has 8 heteroatoms. The minimum Gasteiger partial charge on any atom is -0.462 e. The van der Waals surface area contributed by atoms with Crippen molar-refractivity contribution in [3.05, 3.63) is 76.1 Å². The smallest absolute Gasteiger partial charge is 0.338 e. The second-order valence-electron chi connectivity index (χ2n) is 6.76. The first kappa shape index (κ1) is 22.4. The second-order valence-corrected chi connectivity index (χ2v) is 7.14. The van der Waals surface area contributed by atoms with Gasteiger partial charge in [0.2, 0.25) is 0 Å². The predicted octanol–water partition coefficient (Wildman–Crippen LogP) is 4.53. The first-order valence-corrected chi connectivity index (χ1v) is 10.3. The molecule has 162 valence electrons. The summed E-state index contributed by atoms with van der Waals surface area (Å²) in [7, 11) is 1.70. The van der Waals surface area contributed by atoms with Gasteiger partial charge in [-0.3, -0.25) is 9.48 Å². The number of carbonyl (C=O) groups excluding carboxylic acids is 2. The van der Waals surface area contributed by atoms with Crippen LogP contribution in [-0.4, -0.2) is 28.3 Å². The molecule has 0 atom stereocenters. The molecule has 1 heterocycles. The summed E-state index contributed by atoms with van der Waals surface area (Å²) in [5.74, 6) is 0.605. The number of hydrogen-bond donors (Lipinski definition) is 1. The van der Waals surface area contributed by atoms with E-state index in [2.05, 4.69) is 10.4 Å². The summed E-state index contributed by atoms with van der Waals surface area (Å²) in [6.45, 7) is 4.38. The molecule has 0 aliphatic carbocycles. The molecule has 1 N–H and O–H groups in total. The summed E-state index contributed by atoms with van der Waals surface area (Å²) < 4.78 is 12.3. The van der Waals surface area contributed by atoms with Crippen molar-refractivity contribution in [3.63, 3.8) is 0 Å². The molecule has 0 bridgehead atoms. The summed E-state index contributed by atoms with van der Waals surface area (Å²) in [4.78, 5) is 24.2. The van der Waals surface area contributed by atoms with E-state index < -0.39 is 0 Å². The molecule has 1 aromatic heterocycles. The zero-order chi connectivity index (χ0) is 22.4. The minimum absolute atomic E-state index is 0.276. The second kappa shape index (κ2) is 10.1. The molecule has 0 unspecified atom stereocenters. The Hall–Kier alpha value is -3.32. The first-order chi connectivity index (χ1) is 14.9. The molecule has 0 aliphatic rings. The number of hydrogen-bond acceptors (Lipinski definition) is 5. The van der Waals surface area contributed by atoms with Crippen molar-refractivity contribution in [1.82, 2.24) is 15.1 Å². The Morgan fingerprint density at radius 3 is 2.19 bits per heavy atom. The fraction of sp³-hybridized carbons (Fsp3) is 0.261. The van der Waals surface area contributed by atoms with Gasteiger partial charge in [-0.1, -0.05) is 30.7 Å². The van der Waals surface area contributed by atoms with Crippen LogP contribution in [0.5, 0.6) is 11.5 Å². The highest BCUT2D eigenvalue weighted by Gasteiger charge is 2.19. The zero-order valence-corrected chi connectivity index (χ0v) is 18.4. The van der Waals surface area contributed by atoms with E-state index >= 15 is 0 Å². The quantitative estimate of drug-likeness (QED) is 0.519. The van der Waals surface area contributed by atoms with Gasteiger partial charge in [0.15, 0.2) is 0 Å². The number of nitrogens with zero attached hydrogens (tertiary/aromatic N) is 2. The summed E-state index contributed by atoms with van der Waals surface area (Å²) in [5.41, 5.74) is 2.43. The Morgan fingerprint density at radius 1 is 1.03 bits per heavy atom. The van der Waals surface area contributed by atoms with Crippen molar-refractivity contribution >= 4 is 23.5 Å². The molecule has 0 aliphatic heterocycles. The maximum Gasteiger partial charge on any atom is 0.338 e. The van der Waals surface area contributed by atoms with Crippen molar-refractivity contribution in [3.8, 4) is 11.5 Å². The molecule has 3 aromatic rings. The van der Waals surface area contributed by atoms with Crippen LogP contribution in [0.25, 0.3) is 0 Å². The molecule has 0 spiro atoms. The van der Waals surface area contributed by atoms with E-state index in [4.69, 9.17) is 21.1 Å². The van der Waals surface area contributed by atoms with Crippen molar-refractivity contribution in [1.29, 1.82) is 0 Å². The van der Waals surface area contributed by atoms with Gasteiger partial charge in [-0.2, -0.15) is 5.10 Å². The van der Waals surface area contributed by atoms with Crippen LogP contribution in [0.15, 0.2) is 48.5 Å². The molecule has 3 rings (SSSR count). The lowest BCUT2D eigenvalue weighted by atomic mass is 10.2. The maximum absolute atomic E-state index is 12.5. The average Bonchev–Trinajstić information content (AvgIpc) is 3.07. The number of aryl methyl sites for hydroxylation is 2. The van der Waals surface area contributed by atoms with Gasteiger partial charge >= 0.3 is 5.97 Å². The number of halogens is 1. The molecule has 0 saturated heterocycles. The van der Waals surface area contributed by atoms with Gasteiger partial charge in [0.25, 0.3) is 5.91 Å². The van der Waals surface area contributed by atoms with Crippen LogP contribution < -0.4 is 10.1 Å². The van der Waals surface area contributed by atoms with Crippen LogP contribution in [0.1, 0.15) is 46.0 Å². The highest BCUT2D eigenvalue weighted by atomic mass is 35.5. The Balaban J connectivity index is 1.57. The van der Waals surface area contributed by atoms with Crippen LogP contribution in [0.2, 0.25) is 5.02 Å². The lowest BCUT2D eigenvalue weighted by Crippen LogP contribution is -2.25. The molecular formula is C23H24ClN3O4. The topological polar surface area (TPSA) is 82.4 Å². The highest BCUT2D eigenvalue weighted by Crippen LogP contribution is 2.23. The van der Waals surface area contributed by atoms with Gasteiger partial charge in [0.1, 0.15) is 17.2 Å². The zero-order valence-electron chi connectivity index (χ0n) is 17.6. The van der Waals surface area contributed by atoms with E-state index in [9.17, 15) is 9.59 Å². The van der Waals surface area contributed by atoms with E-state index in [-0.39, 0.29) is 11.9 Å². The molecular weight excluding hydrogens is 418 g/mol. The minimum atomic E-state index is -0.362. The number of nitrogens with one attached hydrogen (secondary N) is 1. The molecule has 0 fully saturated rings. The molecule has 2 aromatic carbocycles. The number of benzene rings is 2. The maximum atomic E-state index is 12.5. The molecule has 31 heavy (non-hydrogen) atoms. The van der Waals surface area contributed by atoms with Gasteiger partial charge in [0.05, 0.1) is 22.9 Å². The fourth-order valence-corrected chi connectivity index (χ4v) is 3.36. The van der Waals surface area contributed by atoms with Crippen LogP contribution in [0.3, 0.4) is 0 Å². The van der Waals surface area contributed by atoms with Gasteiger partial charge in [0, 0.05) is 13.6 Å². The summed E-state index contributed by atoms with van der Waals surface area (Å²) in [6, 6.07) is 14.1. The average molecular weight is 442 g/mol. The highest BCUT2D eigenvalue weighted by molar-refractivity contribution is 6.34. The number of esters is 1. The summed E-state index contributed by atoms with van der Waals surface area (Å²) in [5, 5.41) is 7.51. The molecule has 1 amide bonds. The first-order valence-electron chi connectivity index (χ1n) is 9.96. The lowest BCUT2D eigenvalue weighted by Gasteiger charge is -2.09. The van der Waals surface area contributed by atoms with E-state index in [1.165, 1.54) is 4.68 Å². The predicted molar refractivity (Wildman–Crippen MR) is 118 cm³/mol. The number of aromatic nitrogens is 2. The largest absolute Gasteiger partial charge is 0.462 e. The fourth-order valence-electron chi connectivity index (χ4n) is 2.98. The Bertz CT molecular complexity index is 1060. The number of ether oxygens (including phenoxy) is 2. The Labute approximate surface area is 185 Å². The molecule has 0 saturated carbocycles. The van der Waals surface area contributed by atoms with Crippen molar-refractivity contribution in [2.45, 2.75) is 26.8 Å². The number of carbonyl (C=O) groups is 2. The third-order valence-electron chi connectivity index (χ3n) is 4.58. The Morgan fingerprint density at radius 2 is 1.65 bits per heavy atom. The monoisotopic (exact) mass is 441 g/mol. The lowest BCUT2D eigenvalue weighted by molar-refractivity contribution is 0.0526. The van der Waals surface area contributed by atoms with Gasteiger partial charge in [-0.25, -0.2) is 4.79 Å². The van der Waals surface area contributed by atoms with E-state index in [1.807, 2.05) is 31.2 Å². The SMILES string of the molecule is CCOC(=O)c1ccc(Oc2ccc(CNC(=O)c3c(Cl)c(CC)nn3C)cc2)cc1. The summed E-state index contributed by atoms with van der Waals surface area (Å²) in [6.07, 6.45) is 0.660. The van der Waals surface area contributed by atoms with Gasteiger partial charge in [-0.05, 0) is 55.3 Å².